The number of likely N-dealkylation sites (N-methyl/N-ethyl adjacent to an activating group) is 1. The molecule has 2 rings (SSSR count). The van der Waals surface area contributed by atoms with Crippen LogP contribution in [0.25, 0.3) is 0 Å². The molecule has 1 aromatic rings. The Hall–Kier alpha value is -1.55. The van der Waals surface area contributed by atoms with Gasteiger partial charge in [-0.25, -0.2) is 4.79 Å². The van der Waals surface area contributed by atoms with E-state index in [9.17, 15) is 4.79 Å². The fraction of sp³-hybridized carbons (Fsp3) is 0.500. The van der Waals surface area contributed by atoms with Crippen molar-refractivity contribution >= 4 is 6.09 Å². The molecule has 1 amide bonds. The number of primary amides is 1. The molecular formula is C14H20N2O2. The second kappa shape index (κ2) is 5.40. The van der Waals surface area contributed by atoms with Gasteiger partial charge in [0.15, 0.2) is 0 Å². The highest BCUT2D eigenvalue weighted by atomic mass is 16.5. The van der Waals surface area contributed by atoms with Crippen LogP contribution in [-0.2, 0) is 6.42 Å². The number of rotatable bonds is 3. The Bertz CT molecular complexity index is 445. The third-order valence-electron chi connectivity index (χ3n) is 3.54. The zero-order valence-electron chi connectivity index (χ0n) is 11.0. The first-order valence-corrected chi connectivity index (χ1v) is 6.38. The summed E-state index contributed by atoms with van der Waals surface area (Å²) in [4.78, 5) is 13.2. The number of ether oxygens (including phenoxy) is 1. The van der Waals surface area contributed by atoms with Crippen molar-refractivity contribution < 1.29 is 9.53 Å². The van der Waals surface area contributed by atoms with Crippen molar-refractivity contribution in [2.24, 2.45) is 5.73 Å². The fourth-order valence-electron chi connectivity index (χ4n) is 2.54. The maximum Gasteiger partial charge on any atom is 0.409 e. The lowest BCUT2D eigenvalue weighted by Gasteiger charge is -2.14. The molecular weight excluding hydrogens is 228 g/mol. The van der Waals surface area contributed by atoms with E-state index in [1.807, 2.05) is 19.1 Å². The van der Waals surface area contributed by atoms with Crippen LogP contribution in [0.3, 0.4) is 0 Å². The first-order valence-electron chi connectivity index (χ1n) is 6.38. The molecule has 1 unspecified atom stereocenters. The lowest BCUT2D eigenvalue weighted by atomic mass is 9.95. The van der Waals surface area contributed by atoms with Gasteiger partial charge < -0.3 is 15.4 Å². The van der Waals surface area contributed by atoms with Crippen LogP contribution < -0.4 is 10.5 Å². The molecule has 0 aromatic heterocycles. The minimum absolute atomic E-state index is 0.583. The van der Waals surface area contributed by atoms with Crippen molar-refractivity contribution in [2.75, 3.05) is 20.1 Å². The normalized spacial score (nSPS) is 20.0. The maximum absolute atomic E-state index is 10.8. The van der Waals surface area contributed by atoms with Gasteiger partial charge in [-0.3, -0.25) is 0 Å². The highest BCUT2D eigenvalue weighted by molar-refractivity contribution is 5.68. The summed E-state index contributed by atoms with van der Waals surface area (Å²) in [7, 11) is 2.14. The standard InChI is InChI=1S/C14H20N2O2/c1-3-10-8-11(12-6-7-16(2)9-12)4-5-13(10)18-14(15)17/h4-5,8,12H,3,6-7,9H2,1-2H3,(H2,15,17). The largest absolute Gasteiger partial charge is 0.410 e. The van der Waals surface area contributed by atoms with Crippen molar-refractivity contribution in [1.29, 1.82) is 0 Å². The molecule has 4 nitrogen and oxygen atoms in total. The molecule has 0 bridgehead atoms. The molecule has 1 aliphatic rings. The first kappa shape index (κ1) is 12.9. The number of amides is 1. The Kier molecular flexibility index (Phi) is 3.87. The number of carbonyl (C=O) groups is 1. The van der Waals surface area contributed by atoms with Crippen molar-refractivity contribution in [3.8, 4) is 5.75 Å². The molecule has 18 heavy (non-hydrogen) atoms. The van der Waals surface area contributed by atoms with Gasteiger partial charge in [-0.15, -0.1) is 0 Å². The molecule has 2 N–H and O–H groups in total. The molecule has 0 aliphatic carbocycles. The molecule has 1 heterocycles. The summed E-state index contributed by atoms with van der Waals surface area (Å²) in [5.74, 6) is 1.17. The molecule has 98 valence electrons. The quantitative estimate of drug-likeness (QED) is 0.891. The Balaban J connectivity index is 2.21. The highest BCUT2D eigenvalue weighted by Gasteiger charge is 2.21. The third-order valence-corrected chi connectivity index (χ3v) is 3.54. The number of likely N-dealkylation sites (tertiary alicyclic amines) is 1. The molecule has 0 saturated carbocycles. The molecule has 4 heteroatoms. The van der Waals surface area contributed by atoms with E-state index < -0.39 is 6.09 Å². The number of hydrogen-bond donors (Lipinski definition) is 1. The minimum Gasteiger partial charge on any atom is -0.410 e. The second-order valence-corrected chi connectivity index (χ2v) is 4.89. The van der Waals surface area contributed by atoms with E-state index in [4.69, 9.17) is 10.5 Å². The van der Waals surface area contributed by atoms with E-state index in [2.05, 4.69) is 18.0 Å². The number of carbonyl (C=O) groups excluding carboxylic acids is 1. The lowest BCUT2D eigenvalue weighted by Crippen LogP contribution is -2.17. The van der Waals surface area contributed by atoms with Crippen molar-refractivity contribution in [3.05, 3.63) is 29.3 Å². The van der Waals surface area contributed by atoms with Crippen LogP contribution in [0, 0.1) is 0 Å². The van der Waals surface area contributed by atoms with Gasteiger partial charge in [0.2, 0.25) is 0 Å². The number of aryl methyl sites for hydroxylation is 1. The van der Waals surface area contributed by atoms with Gasteiger partial charge in [0.25, 0.3) is 0 Å². The van der Waals surface area contributed by atoms with Crippen molar-refractivity contribution in [3.63, 3.8) is 0 Å². The van der Waals surface area contributed by atoms with E-state index in [0.29, 0.717) is 11.7 Å². The summed E-state index contributed by atoms with van der Waals surface area (Å²) in [5.41, 5.74) is 7.43. The van der Waals surface area contributed by atoms with Crippen LogP contribution in [0.4, 0.5) is 4.79 Å². The molecule has 1 fully saturated rings. The van der Waals surface area contributed by atoms with E-state index in [1.165, 1.54) is 12.0 Å². The summed E-state index contributed by atoms with van der Waals surface area (Å²) < 4.78 is 5.00. The SMILES string of the molecule is CCc1cc(C2CCN(C)C2)ccc1OC(N)=O. The Morgan fingerprint density at radius 1 is 1.56 bits per heavy atom. The summed E-state index contributed by atoms with van der Waals surface area (Å²) >= 11 is 0. The van der Waals surface area contributed by atoms with Crippen LogP contribution >= 0.6 is 0 Å². The van der Waals surface area contributed by atoms with Crippen LogP contribution in [0.2, 0.25) is 0 Å². The number of hydrogen-bond acceptors (Lipinski definition) is 3. The maximum atomic E-state index is 10.8. The number of nitrogens with two attached hydrogens (primary N) is 1. The molecule has 1 aromatic carbocycles. The molecule has 1 aliphatic heterocycles. The monoisotopic (exact) mass is 248 g/mol. The van der Waals surface area contributed by atoms with Gasteiger partial charge in [0.1, 0.15) is 5.75 Å². The second-order valence-electron chi connectivity index (χ2n) is 4.89. The highest BCUT2D eigenvalue weighted by Crippen LogP contribution is 2.30. The van der Waals surface area contributed by atoms with Gasteiger partial charge in [-0.2, -0.15) is 0 Å². The first-order chi connectivity index (χ1) is 8.60. The van der Waals surface area contributed by atoms with E-state index in [1.54, 1.807) is 0 Å². The fourth-order valence-corrected chi connectivity index (χ4v) is 2.54. The summed E-state index contributed by atoms with van der Waals surface area (Å²) in [5, 5.41) is 0. The van der Waals surface area contributed by atoms with Gasteiger partial charge in [-0.05, 0) is 49.5 Å². The van der Waals surface area contributed by atoms with E-state index in [-0.39, 0.29) is 0 Å². The van der Waals surface area contributed by atoms with Crippen molar-refractivity contribution in [2.45, 2.75) is 25.7 Å². The molecule has 0 radical (unpaired) electrons. The zero-order chi connectivity index (χ0) is 13.1. The van der Waals surface area contributed by atoms with Crippen LogP contribution in [-0.4, -0.2) is 31.1 Å². The average Bonchev–Trinajstić information content (AvgIpc) is 2.75. The lowest BCUT2D eigenvalue weighted by molar-refractivity contribution is 0.210. The molecule has 0 spiro atoms. The zero-order valence-corrected chi connectivity index (χ0v) is 11.0. The van der Waals surface area contributed by atoms with Gasteiger partial charge in [-0.1, -0.05) is 19.1 Å². The Labute approximate surface area is 108 Å². The van der Waals surface area contributed by atoms with Crippen LogP contribution in [0.1, 0.15) is 30.4 Å². The summed E-state index contributed by atoms with van der Waals surface area (Å²) in [6.07, 6.45) is 1.27. The Morgan fingerprint density at radius 3 is 2.89 bits per heavy atom. The molecule has 1 atom stereocenters. The predicted molar refractivity (Wildman–Crippen MR) is 70.9 cm³/mol. The van der Waals surface area contributed by atoms with Crippen LogP contribution in [0.15, 0.2) is 18.2 Å². The number of nitrogens with zero attached hydrogens (tertiary/aromatic N) is 1. The van der Waals surface area contributed by atoms with Crippen LogP contribution in [0.5, 0.6) is 5.75 Å². The van der Waals surface area contributed by atoms with Gasteiger partial charge >= 0.3 is 6.09 Å². The predicted octanol–water partition coefficient (Wildman–Crippen LogP) is 2.13. The van der Waals surface area contributed by atoms with Gasteiger partial charge in [0.05, 0.1) is 0 Å². The topological polar surface area (TPSA) is 55.6 Å². The average molecular weight is 248 g/mol. The summed E-state index contributed by atoms with van der Waals surface area (Å²) in [6.45, 7) is 4.29. The van der Waals surface area contributed by atoms with Crippen molar-refractivity contribution in [1.82, 2.24) is 4.90 Å². The van der Waals surface area contributed by atoms with Gasteiger partial charge in [0, 0.05) is 6.54 Å². The summed E-state index contributed by atoms with van der Waals surface area (Å²) in [6, 6.07) is 6.04. The van der Waals surface area contributed by atoms with E-state index >= 15 is 0 Å². The Morgan fingerprint density at radius 2 is 2.33 bits per heavy atom. The number of benzene rings is 1. The third kappa shape index (κ3) is 2.82. The minimum atomic E-state index is -0.752. The molecule has 1 saturated heterocycles. The van der Waals surface area contributed by atoms with E-state index in [0.717, 1.165) is 25.1 Å². The smallest absolute Gasteiger partial charge is 0.409 e.